The molecule has 0 heterocycles. The maximum Gasteiger partial charge on any atom is 0.417 e. The van der Waals surface area contributed by atoms with Crippen molar-refractivity contribution in [2.45, 2.75) is 12.6 Å². The number of halogens is 5. The molecule has 3 rings (SSSR count). The number of nitrogens with one attached hydrogen (secondary N) is 1. The van der Waals surface area contributed by atoms with Crippen LogP contribution in [0, 0.1) is 5.82 Å². The lowest BCUT2D eigenvalue weighted by molar-refractivity contribution is -0.137. The number of nitrogen functional groups attached to an aromatic ring is 1. The van der Waals surface area contributed by atoms with E-state index in [4.69, 9.17) is 17.3 Å². The van der Waals surface area contributed by atoms with Crippen LogP contribution in [0.15, 0.2) is 60.7 Å². The van der Waals surface area contributed by atoms with Gasteiger partial charge in [0.2, 0.25) is 0 Å². The van der Waals surface area contributed by atoms with Gasteiger partial charge in [0.1, 0.15) is 5.82 Å². The second-order valence-electron chi connectivity index (χ2n) is 6.67. The summed E-state index contributed by atoms with van der Waals surface area (Å²) < 4.78 is 52.0. The van der Waals surface area contributed by atoms with E-state index in [0.717, 1.165) is 18.2 Å². The van der Waals surface area contributed by atoms with E-state index < -0.39 is 28.5 Å². The summed E-state index contributed by atoms with van der Waals surface area (Å²) in [6, 6.07) is 12.4. The van der Waals surface area contributed by atoms with Crippen molar-refractivity contribution in [3.05, 3.63) is 93.8 Å². The summed E-state index contributed by atoms with van der Waals surface area (Å²) in [4.78, 5) is 24.8. The predicted molar refractivity (Wildman–Crippen MR) is 110 cm³/mol. The van der Waals surface area contributed by atoms with Crippen LogP contribution < -0.4 is 11.1 Å². The van der Waals surface area contributed by atoms with Gasteiger partial charge in [-0.3, -0.25) is 9.59 Å². The Labute approximate surface area is 179 Å². The molecule has 9 heteroatoms. The number of rotatable bonds is 5. The molecule has 0 radical (unpaired) electrons. The fourth-order valence-corrected chi connectivity index (χ4v) is 3.06. The lowest BCUT2D eigenvalue weighted by atomic mass is 10.0. The van der Waals surface area contributed by atoms with Crippen LogP contribution in [0.3, 0.4) is 0 Å². The van der Waals surface area contributed by atoms with E-state index in [-0.39, 0.29) is 29.1 Å². The molecule has 0 fully saturated rings. The lowest BCUT2D eigenvalue weighted by Gasteiger charge is -2.12. The summed E-state index contributed by atoms with van der Waals surface area (Å²) in [5.74, 6) is -1.46. The van der Waals surface area contributed by atoms with Gasteiger partial charge in [-0.15, -0.1) is 0 Å². The number of ketones is 1. The Balaban J connectivity index is 1.71. The highest BCUT2D eigenvalue weighted by Gasteiger charge is 2.33. The summed E-state index contributed by atoms with van der Waals surface area (Å²) in [7, 11) is 0. The largest absolute Gasteiger partial charge is 0.417 e. The minimum atomic E-state index is -4.66. The van der Waals surface area contributed by atoms with Gasteiger partial charge < -0.3 is 11.1 Å². The van der Waals surface area contributed by atoms with Crippen molar-refractivity contribution in [2.24, 2.45) is 0 Å². The monoisotopic (exact) mass is 450 g/mol. The molecule has 0 aromatic heterocycles. The van der Waals surface area contributed by atoms with E-state index in [1.807, 2.05) is 0 Å². The Hall–Kier alpha value is -3.39. The number of Topliss-reactive ketones (excluding diaryl/α,β-unsaturated/α-hetero) is 1. The van der Waals surface area contributed by atoms with E-state index in [2.05, 4.69) is 5.32 Å². The van der Waals surface area contributed by atoms with Gasteiger partial charge in [0.15, 0.2) is 5.78 Å². The Morgan fingerprint density at radius 3 is 2.19 bits per heavy atom. The van der Waals surface area contributed by atoms with Crippen molar-refractivity contribution in [3.8, 4) is 0 Å². The molecule has 0 unspecified atom stereocenters. The molecular formula is C22H15ClF4N2O2. The van der Waals surface area contributed by atoms with Gasteiger partial charge in [0, 0.05) is 28.9 Å². The summed E-state index contributed by atoms with van der Waals surface area (Å²) in [6.07, 6.45) is -4.71. The van der Waals surface area contributed by atoms with Crippen LogP contribution in [0.2, 0.25) is 5.02 Å². The molecular weight excluding hydrogens is 436 g/mol. The number of alkyl halides is 3. The zero-order valence-corrected chi connectivity index (χ0v) is 16.5. The highest BCUT2D eigenvalue weighted by molar-refractivity contribution is 6.31. The number of benzene rings is 3. The van der Waals surface area contributed by atoms with Gasteiger partial charge in [-0.1, -0.05) is 29.8 Å². The highest BCUT2D eigenvalue weighted by atomic mass is 35.5. The fourth-order valence-electron chi connectivity index (χ4n) is 2.83. The molecule has 31 heavy (non-hydrogen) atoms. The maximum absolute atomic E-state index is 13.1. The first kappa shape index (κ1) is 22.3. The van der Waals surface area contributed by atoms with Crippen molar-refractivity contribution >= 4 is 34.7 Å². The molecule has 0 saturated carbocycles. The average Bonchev–Trinajstić information content (AvgIpc) is 2.70. The average molecular weight is 451 g/mol. The van der Waals surface area contributed by atoms with Gasteiger partial charge in [0.05, 0.1) is 10.6 Å². The first-order valence-corrected chi connectivity index (χ1v) is 9.27. The number of carbonyl (C=O) groups is 2. The smallest absolute Gasteiger partial charge is 0.398 e. The summed E-state index contributed by atoms with van der Waals surface area (Å²) in [5, 5.41) is 1.89. The van der Waals surface area contributed by atoms with Crippen LogP contribution in [-0.4, -0.2) is 11.7 Å². The van der Waals surface area contributed by atoms with Crippen molar-refractivity contribution in [2.75, 3.05) is 11.1 Å². The van der Waals surface area contributed by atoms with Gasteiger partial charge in [-0.05, 0) is 48.0 Å². The van der Waals surface area contributed by atoms with Crippen molar-refractivity contribution < 1.29 is 27.2 Å². The fraction of sp³-hybridized carbons (Fsp3) is 0.0909. The van der Waals surface area contributed by atoms with Crippen molar-refractivity contribution in [3.63, 3.8) is 0 Å². The second-order valence-corrected chi connectivity index (χ2v) is 7.07. The third-order valence-corrected chi connectivity index (χ3v) is 4.79. The third-order valence-electron chi connectivity index (χ3n) is 4.46. The third kappa shape index (κ3) is 5.40. The molecule has 0 aliphatic rings. The number of nitrogens with two attached hydrogens (primary N) is 1. The lowest BCUT2D eigenvalue weighted by Crippen LogP contribution is -2.14. The van der Waals surface area contributed by atoms with Crippen LogP contribution >= 0.6 is 11.6 Å². The highest BCUT2D eigenvalue weighted by Crippen LogP contribution is 2.36. The van der Waals surface area contributed by atoms with Crippen LogP contribution in [0.25, 0.3) is 0 Å². The molecule has 0 saturated heterocycles. The van der Waals surface area contributed by atoms with Crippen LogP contribution in [-0.2, 0) is 12.6 Å². The topological polar surface area (TPSA) is 72.2 Å². The first-order valence-electron chi connectivity index (χ1n) is 8.90. The second kappa shape index (κ2) is 8.77. The van der Waals surface area contributed by atoms with E-state index in [1.54, 1.807) is 0 Å². The molecule has 3 N–H and O–H groups in total. The zero-order chi connectivity index (χ0) is 22.8. The molecule has 0 aliphatic carbocycles. The van der Waals surface area contributed by atoms with Crippen LogP contribution in [0.1, 0.15) is 31.8 Å². The number of hydrogen-bond acceptors (Lipinski definition) is 3. The van der Waals surface area contributed by atoms with Gasteiger partial charge in [0.25, 0.3) is 5.91 Å². The quantitative estimate of drug-likeness (QED) is 0.295. The van der Waals surface area contributed by atoms with Crippen LogP contribution in [0.4, 0.5) is 28.9 Å². The molecule has 160 valence electrons. The Morgan fingerprint density at radius 1 is 0.935 bits per heavy atom. The minimum absolute atomic E-state index is 0.0529. The van der Waals surface area contributed by atoms with Crippen molar-refractivity contribution in [1.29, 1.82) is 0 Å². The molecule has 0 aliphatic heterocycles. The van der Waals surface area contributed by atoms with E-state index in [0.29, 0.717) is 11.1 Å². The first-order chi connectivity index (χ1) is 14.5. The standard InChI is InChI=1S/C22H15ClF4N2O2/c23-18-8-7-16(11-17(18)22(25,26)27)29-21(31)13-3-1-12(2-4-13)20(30)9-14-5-6-15(24)10-19(14)28/h1-8,10-11H,9,28H2,(H,29,31). The molecule has 0 bridgehead atoms. The van der Waals surface area contributed by atoms with Gasteiger partial charge in [-0.25, -0.2) is 4.39 Å². The molecule has 4 nitrogen and oxygen atoms in total. The maximum atomic E-state index is 13.1. The number of hydrogen-bond donors (Lipinski definition) is 2. The number of carbonyl (C=O) groups excluding carboxylic acids is 2. The normalized spacial score (nSPS) is 11.3. The number of amides is 1. The van der Waals surface area contributed by atoms with Crippen LogP contribution in [0.5, 0.6) is 0 Å². The van der Waals surface area contributed by atoms with E-state index in [1.165, 1.54) is 42.5 Å². The molecule has 3 aromatic rings. The van der Waals surface area contributed by atoms with Gasteiger partial charge >= 0.3 is 6.18 Å². The van der Waals surface area contributed by atoms with Gasteiger partial charge in [-0.2, -0.15) is 13.2 Å². The Morgan fingerprint density at radius 2 is 1.58 bits per heavy atom. The molecule has 3 aromatic carbocycles. The summed E-state index contributed by atoms with van der Waals surface area (Å²) in [6.45, 7) is 0. The molecule has 0 atom stereocenters. The molecule has 1 amide bonds. The Kier molecular flexibility index (Phi) is 6.31. The zero-order valence-electron chi connectivity index (χ0n) is 15.8. The number of anilines is 2. The summed E-state index contributed by atoms with van der Waals surface area (Å²) in [5.41, 5.74) is 5.63. The summed E-state index contributed by atoms with van der Waals surface area (Å²) >= 11 is 5.57. The van der Waals surface area contributed by atoms with Crippen molar-refractivity contribution in [1.82, 2.24) is 0 Å². The van der Waals surface area contributed by atoms with E-state index in [9.17, 15) is 27.2 Å². The predicted octanol–water partition coefficient (Wildman–Crippen LogP) is 5.76. The SMILES string of the molecule is Nc1cc(F)ccc1CC(=O)c1ccc(C(=O)Nc2ccc(Cl)c(C(F)(F)F)c2)cc1. The molecule has 0 spiro atoms. The Bertz CT molecular complexity index is 1150. The van der Waals surface area contributed by atoms with E-state index >= 15 is 0 Å². The minimum Gasteiger partial charge on any atom is -0.398 e.